The number of amides is 1. The van der Waals surface area contributed by atoms with Gasteiger partial charge in [0.2, 0.25) is 0 Å². The molecular formula is C23H20Cl2F6N4O3. The molecule has 0 radical (unpaired) electrons. The molecule has 0 bridgehead atoms. The second-order valence-corrected chi connectivity index (χ2v) is 9.59. The van der Waals surface area contributed by atoms with Gasteiger partial charge in [0.05, 0.1) is 28.2 Å². The van der Waals surface area contributed by atoms with E-state index in [0.29, 0.717) is 18.9 Å². The Balaban J connectivity index is 1.47. The summed E-state index contributed by atoms with van der Waals surface area (Å²) in [6.07, 6.45) is -10.3. The molecule has 1 aromatic carbocycles. The van der Waals surface area contributed by atoms with Crippen LogP contribution in [-0.2, 0) is 15.7 Å². The number of ether oxygens (including phenoxy) is 1. The molecule has 3 heterocycles. The number of nitrogens with zero attached hydrogens (tertiary/aromatic N) is 4. The van der Waals surface area contributed by atoms with Crippen molar-refractivity contribution in [3.8, 4) is 0 Å². The Labute approximate surface area is 222 Å². The standard InChI is InChI=1S/C23H20Cl2F6N4O3/c24-15-3-1-13(9-16(15)25)20(36)35-11-17(18(12-35)38-21(37)23(29,30)31)33-5-7-34(8-6-33)19-4-2-14(10-32-19)22(26,27)28/h1-4,9-10,17-18H,5-8,11-12H2/t17-,18-/m0/s1. The summed E-state index contributed by atoms with van der Waals surface area (Å²) in [5, 5.41) is 0.348. The van der Waals surface area contributed by atoms with Crippen molar-refractivity contribution < 1.29 is 40.7 Å². The fourth-order valence-corrected chi connectivity index (χ4v) is 4.73. The molecular weight excluding hydrogens is 565 g/mol. The molecule has 206 valence electrons. The highest BCUT2D eigenvalue weighted by atomic mass is 35.5. The van der Waals surface area contributed by atoms with E-state index in [1.165, 1.54) is 29.2 Å². The van der Waals surface area contributed by atoms with E-state index >= 15 is 0 Å². The van der Waals surface area contributed by atoms with Crippen molar-refractivity contribution in [2.24, 2.45) is 0 Å². The maximum atomic E-state index is 13.0. The summed E-state index contributed by atoms with van der Waals surface area (Å²) in [6, 6.07) is 5.61. The molecule has 0 unspecified atom stereocenters. The van der Waals surface area contributed by atoms with E-state index in [2.05, 4.69) is 4.98 Å². The number of pyridine rings is 1. The van der Waals surface area contributed by atoms with E-state index in [0.717, 1.165) is 12.3 Å². The van der Waals surface area contributed by atoms with Gasteiger partial charge in [0, 0.05) is 44.5 Å². The number of halogens is 8. The average molecular weight is 585 g/mol. The molecule has 2 saturated heterocycles. The third kappa shape index (κ3) is 6.26. The predicted molar refractivity (Wildman–Crippen MR) is 125 cm³/mol. The zero-order valence-corrected chi connectivity index (χ0v) is 20.9. The molecule has 0 spiro atoms. The highest BCUT2D eigenvalue weighted by molar-refractivity contribution is 6.42. The lowest BCUT2D eigenvalue weighted by atomic mass is 10.1. The Morgan fingerprint density at radius 1 is 0.921 bits per heavy atom. The van der Waals surface area contributed by atoms with Gasteiger partial charge < -0.3 is 14.5 Å². The highest BCUT2D eigenvalue weighted by Gasteiger charge is 2.48. The zero-order chi connectivity index (χ0) is 27.8. The van der Waals surface area contributed by atoms with Gasteiger partial charge in [-0.25, -0.2) is 9.78 Å². The molecule has 2 aliphatic rings. The van der Waals surface area contributed by atoms with Crippen molar-refractivity contribution in [2.75, 3.05) is 44.2 Å². The lowest BCUT2D eigenvalue weighted by Gasteiger charge is -2.39. The van der Waals surface area contributed by atoms with Crippen LogP contribution in [0.5, 0.6) is 0 Å². The number of likely N-dealkylation sites (tertiary alicyclic amines) is 1. The van der Waals surface area contributed by atoms with Gasteiger partial charge in [0.25, 0.3) is 5.91 Å². The zero-order valence-electron chi connectivity index (χ0n) is 19.4. The van der Waals surface area contributed by atoms with Crippen LogP contribution < -0.4 is 4.90 Å². The van der Waals surface area contributed by atoms with E-state index < -0.39 is 41.9 Å². The smallest absolute Gasteiger partial charge is 0.452 e. The van der Waals surface area contributed by atoms with Gasteiger partial charge in [-0.3, -0.25) is 9.69 Å². The molecule has 2 aromatic rings. The first-order chi connectivity index (χ1) is 17.7. The fraction of sp³-hybridized carbons (Fsp3) is 0.435. The number of rotatable bonds is 4. The summed E-state index contributed by atoms with van der Waals surface area (Å²) in [4.78, 5) is 33.3. The van der Waals surface area contributed by atoms with Gasteiger partial charge in [-0.1, -0.05) is 23.2 Å². The Kier molecular flexibility index (Phi) is 8.01. The average Bonchev–Trinajstić information content (AvgIpc) is 3.28. The maximum Gasteiger partial charge on any atom is 0.490 e. The van der Waals surface area contributed by atoms with Crippen LogP contribution in [0.25, 0.3) is 0 Å². The van der Waals surface area contributed by atoms with Gasteiger partial charge in [-0.2, -0.15) is 26.3 Å². The predicted octanol–water partition coefficient (Wildman–Crippen LogP) is 4.53. The van der Waals surface area contributed by atoms with Crippen LogP contribution in [0.15, 0.2) is 36.5 Å². The number of hydrogen-bond acceptors (Lipinski definition) is 6. The maximum absolute atomic E-state index is 13.0. The summed E-state index contributed by atoms with van der Waals surface area (Å²) in [5.41, 5.74) is -0.717. The van der Waals surface area contributed by atoms with E-state index in [1.807, 2.05) is 0 Å². The third-order valence-electron chi connectivity index (χ3n) is 6.36. The van der Waals surface area contributed by atoms with Gasteiger partial charge in [0.15, 0.2) is 0 Å². The fourth-order valence-electron chi connectivity index (χ4n) is 4.43. The Bertz CT molecular complexity index is 1190. The van der Waals surface area contributed by atoms with E-state index in [9.17, 15) is 35.9 Å². The van der Waals surface area contributed by atoms with Crippen LogP contribution in [0.1, 0.15) is 15.9 Å². The minimum atomic E-state index is -5.21. The van der Waals surface area contributed by atoms with E-state index in [1.54, 1.807) is 9.80 Å². The van der Waals surface area contributed by atoms with Crippen LogP contribution in [0, 0.1) is 0 Å². The first-order valence-corrected chi connectivity index (χ1v) is 12.0. The summed E-state index contributed by atoms with van der Waals surface area (Å²) >= 11 is 11.9. The van der Waals surface area contributed by atoms with E-state index in [-0.39, 0.29) is 41.8 Å². The molecule has 7 nitrogen and oxygen atoms in total. The first-order valence-electron chi connectivity index (χ1n) is 11.3. The molecule has 2 fully saturated rings. The highest BCUT2D eigenvalue weighted by Crippen LogP contribution is 2.31. The normalized spacial score (nSPS) is 21.1. The largest absolute Gasteiger partial charge is 0.490 e. The molecule has 4 rings (SSSR count). The summed E-state index contributed by atoms with van der Waals surface area (Å²) < 4.78 is 82.0. The van der Waals surface area contributed by atoms with Crippen molar-refractivity contribution in [1.82, 2.24) is 14.8 Å². The SMILES string of the molecule is O=C(c1ccc(Cl)c(Cl)c1)N1C[C@H](OC(=O)C(F)(F)F)[C@@H](N2CCN(c3ccc(C(F)(F)F)cn3)CC2)C1. The molecule has 1 amide bonds. The molecule has 0 saturated carbocycles. The van der Waals surface area contributed by atoms with Crippen LogP contribution in [0.3, 0.4) is 0 Å². The topological polar surface area (TPSA) is 66.0 Å². The molecule has 0 aliphatic carbocycles. The first kappa shape index (κ1) is 28.2. The molecule has 15 heteroatoms. The lowest BCUT2D eigenvalue weighted by molar-refractivity contribution is -0.206. The van der Waals surface area contributed by atoms with Crippen LogP contribution in [0.4, 0.5) is 32.2 Å². The van der Waals surface area contributed by atoms with Crippen molar-refractivity contribution in [2.45, 2.75) is 24.5 Å². The minimum absolute atomic E-state index is 0.0204. The summed E-state index contributed by atoms with van der Waals surface area (Å²) in [7, 11) is 0. The monoisotopic (exact) mass is 584 g/mol. The van der Waals surface area contributed by atoms with Crippen molar-refractivity contribution in [1.29, 1.82) is 0 Å². The van der Waals surface area contributed by atoms with Crippen LogP contribution in [-0.4, -0.2) is 84.3 Å². The van der Waals surface area contributed by atoms with Gasteiger partial charge >= 0.3 is 18.3 Å². The van der Waals surface area contributed by atoms with Gasteiger partial charge in [-0.05, 0) is 30.3 Å². The molecule has 0 N–H and O–H groups in total. The number of alkyl halides is 6. The van der Waals surface area contributed by atoms with Gasteiger partial charge in [0.1, 0.15) is 11.9 Å². The third-order valence-corrected chi connectivity index (χ3v) is 7.10. The van der Waals surface area contributed by atoms with Crippen molar-refractivity contribution in [3.05, 3.63) is 57.7 Å². The molecule has 2 aliphatic heterocycles. The lowest BCUT2D eigenvalue weighted by Crippen LogP contribution is -2.55. The number of piperazine rings is 1. The number of carbonyl (C=O) groups is 2. The number of aromatic nitrogens is 1. The molecule has 1 aromatic heterocycles. The van der Waals surface area contributed by atoms with Gasteiger partial charge in [-0.15, -0.1) is 0 Å². The Hall–Kier alpha value is -2.77. The second kappa shape index (κ2) is 10.8. The van der Waals surface area contributed by atoms with Crippen LogP contribution >= 0.6 is 23.2 Å². The van der Waals surface area contributed by atoms with Crippen molar-refractivity contribution >= 4 is 40.9 Å². The van der Waals surface area contributed by atoms with Crippen molar-refractivity contribution in [3.63, 3.8) is 0 Å². The second-order valence-electron chi connectivity index (χ2n) is 8.77. The van der Waals surface area contributed by atoms with Crippen LogP contribution in [0.2, 0.25) is 10.0 Å². The quantitative estimate of drug-likeness (QED) is 0.389. The molecule has 2 atom stereocenters. The number of hydrogen-bond donors (Lipinski definition) is 0. The Morgan fingerprint density at radius 2 is 1.61 bits per heavy atom. The minimum Gasteiger partial charge on any atom is -0.452 e. The number of benzene rings is 1. The number of esters is 1. The summed E-state index contributed by atoms with van der Waals surface area (Å²) in [5.74, 6) is -2.56. The summed E-state index contributed by atoms with van der Waals surface area (Å²) in [6.45, 7) is 0.870. The number of anilines is 1. The molecule has 38 heavy (non-hydrogen) atoms. The van der Waals surface area contributed by atoms with E-state index in [4.69, 9.17) is 27.9 Å². The Morgan fingerprint density at radius 3 is 2.16 bits per heavy atom. The number of carbonyl (C=O) groups excluding carboxylic acids is 2.